The van der Waals surface area contributed by atoms with E-state index in [0.717, 1.165) is 48.2 Å². The van der Waals surface area contributed by atoms with E-state index in [1.807, 2.05) is 18.2 Å². The Morgan fingerprint density at radius 2 is 2.18 bits per heavy atom. The molecule has 0 spiro atoms. The highest BCUT2D eigenvalue weighted by Gasteiger charge is 2.18. The Hall–Kier alpha value is -1.97. The Labute approximate surface area is 130 Å². The zero-order valence-electron chi connectivity index (χ0n) is 13.1. The summed E-state index contributed by atoms with van der Waals surface area (Å²) in [5.41, 5.74) is 2.24. The molecule has 4 nitrogen and oxygen atoms in total. The van der Waals surface area contributed by atoms with Gasteiger partial charge in [0.2, 0.25) is 0 Å². The molecule has 0 radical (unpaired) electrons. The van der Waals surface area contributed by atoms with Gasteiger partial charge in [-0.3, -0.25) is 4.79 Å². The van der Waals surface area contributed by atoms with Gasteiger partial charge in [0.1, 0.15) is 17.1 Å². The standard InChI is InChI=1S/C18H23NO3/c1-2-3-10-19-18(20)12-21-13-8-9-17-15(11-13)14-6-4-5-7-16(14)22-17/h8-9,11H,2-7,10,12H2,1H3,(H,19,20). The van der Waals surface area contributed by atoms with E-state index >= 15 is 0 Å². The Bertz CT molecular complexity index is 660. The number of hydrogen-bond donors (Lipinski definition) is 1. The fraction of sp³-hybridized carbons (Fsp3) is 0.500. The van der Waals surface area contributed by atoms with Gasteiger partial charge in [0, 0.05) is 23.9 Å². The number of unbranched alkanes of at least 4 members (excludes halogenated alkanes) is 1. The molecule has 2 aromatic rings. The molecule has 1 N–H and O–H groups in total. The molecule has 0 saturated heterocycles. The molecule has 22 heavy (non-hydrogen) atoms. The van der Waals surface area contributed by atoms with E-state index in [2.05, 4.69) is 12.2 Å². The molecule has 1 aliphatic carbocycles. The Kier molecular flexibility index (Phi) is 4.66. The van der Waals surface area contributed by atoms with E-state index in [1.54, 1.807) is 0 Å². The number of furan rings is 1. The van der Waals surface area contributed by atoms with Crippen LogP contribution in [0.2, 0.25) is 0 Å². The number of ether oxygens (including phenoxy) is 1. The van der Waals surface area contributed by atoms with Crippen LogP contribution in [-0.4, -0.2) is 19.1 Å². The van der Waals surface area contributed by atoms with Crippen molar-refractivity contribution in [3.8, 4) is 5.75 Å². The third kappa shape index (κ3) is 3.26. The predicted molar refractivity (Wildman–Crippen MR) is 86.3 cm³/mol. The van der Waals surface area contributed by atoms with Gasteiger partial charge in [-0.1, -0.05) is 13.3 Å². The van der Waals surface area contributed by atoms with Crippen LogP contribution in [0, 0.1) is 0 Å². The highest BCUT2D eigenvalue weighted by molar-refractivity contribution is 5.84. The average molecular weight is 301 g/mol. The third-order valence-corrected chi connectivity index (χ3v) is 4.15. The lowest BCUT2D eigenvalue weighted by atomic mass is 9.96. The number of fused-ring (bicyclic) bond motifs is 3. The molecule has 0 fully saturated rings. The number of benzene rings is 1. The van der Waals surface area contributed by atoms with E-state index < -0.39 is 0 Å². The molecule has 118 valence electrons. The van der Waals surface area contributed by atoms with Gasteiger partial charge in [-0.15, -0.1) is 0 Å². The molecule has 0 saturated carbocycles. The van der Waals surface area contributed by atoms with Crippen LogP contribution in [0.5, 0.6) is 5.75 Å². The quantitative estimate of drug-likeness (QED) is 0.829. The first-order valence-corrected chi connectivity index (χ1v) is 8.21. The van der Waals surface area contributed by atoms with Gasteiger partial charge in [0.25, 0.3) is 5.91 Å². The zero-order valence-corrected chi connectivity index (χ0v) is 13.1. The minimum Gasteiger partial charge on any atom is -0.484 e. The molecule has 1 heterocycles. The minimum atomic E-state index is -0.0669. The minimum absolute atomic E-state index is 0.0647. The molecular formula is C18H23NO3. The predicted octanol–water partition coefficient (Wildman–Crippen LogP) is 3.61. The highest BCUT2D eigenvalue weighted by atomic mass is 16.5. The van der Waals surface area contributed by atoms with Crippen LogP contribution < -0.4 is 10.1 Å². The van der Waals surface area contributed by atoms with Crippen molar-refractivity contribution in [1.82, 2.24) is 5.32 Å². The Balaban J connectivity index is 1.66. The van der Waals surface area contributed by atoms with Crippen molar-refractivity contribution in [3.63, 3.8) is 0 Å². The maximum atomic E-state index is 11.7. The van der Waals surface area contributed by atoms with Gasteiger partial charge in [-0.25, -0.2) is 0 Å². The lowest BCUT2D eigenvalue weighted by Gasteiger charge is -2.09. The summed E-state index contributed by atoms with van der Waals surface area (Å²) in [6.45, 7) is 2.88. The first-order valence-electron chi connectivity index (χ1n) is 8.21. The van der Waals surface area contributed by atoms with Crippen molar-refractivity contribution in [2.24, 2.45) is 0 Å². The number of carbonyl (C=O) groups is 1. The van der Waals surface area contributed by atoms with Crippen LogP contribution in [0.1, 0.15) is 43.9 Å². The molecular weight excluding hydrogens is 278 g/mol. The fourth-order valence-corrected chi connectivity index (χ4v) is 2.94. The van der Waals surface area contributed by atoms with Gasteiger partial charge in [-0.2, -0.15) is 0 Å². The third-order valence-electron chi connectivity index (χ3n) is 4.15. The summed E-state index contributed by atoms with van der Waals surface area (Å²) in [6.07, 6.45) is 6.59. The molecule has 1 aromatic carbocycles. The van der Waals surface area contributed by atoms with Gasteiger partial charge in [-0.05, 0) is 43.9 Å². The molecule has 0 unspecified atom stereocenters. The van der Waals surface area contributed by atoms with E-state index in [0.29, 0.717) is 6.54 Å². The monoisotopic (exact) mass is 301 g/mol. The van der Waals surface area contributed by atoms with Gasteiger partial charge in [0.15, 0.2) is 6.61 Å². The molecule has 4 heteroatoms. The van der Waals surface area contributed by atoms with Crippen molar-refractivity contribution >= 4 is 16.9 Å². The molecule has 1 amide bonds. The van der Waals surface area contributed by atoms with Crippen LogP contribution in [0.15, 0.2) is 22.6 Å². The van der Waals surface area contributed by atoms with Gasteiger partial charge in [0.05, 0.1) is 0 Å². The summed E-state index contributed by atoms with van der Waals surface area (Å²) in [5.74, 6) is 1.78. The summed E-state index contributed by atoms with van der Waals surface area (Å²) >= 11 is 0. The van der Waals surface area contributed by atoms with Gasteiger partial charge >= 0.3 is 0 Å². The molecule has 0 bridgehead atoms. The molecule has 0 aliphatic heterocycles. The second kappa shape index (κ2) is 6.86. The summed E-state index contributed by atoms with van der Waals surface area (Å²) in [4.78, 5) is 11.7. The summed E-state index contributed by atoms with van der Waals surface area (Å²) < 4.78 is 11.5. The number of rotatable bonds is 6. The second-order valence-corrected chi connectivity index (χ2v) is 5.86. The molecule has 3 rings (SSSR count). The van der Waals surface area contributed by atoms with E-state index in [1.165, 1.54) is 18.4 Å². The first kappa shape index (κ1) is 14.9. The normalized spacial score (nSPS) is 13.9. The number of aryl methyl sites for hydroxylation is 2. The maximum absolute atomic E-state index is 11.7. The van der Waals surface area contributed by atoms with Crippen LogP contribution in [0.25, 0.3) is 11.0 Å². The summed E-state index contributed by atoms with van der Waals surface area (Å²) in [7, 11) is 0. The maximum Gasteiger partial charge on any atom is 0.257 e. The van der Waals surface area contributed by atoms with E-state index in [4.69, 9.17) is 9.15 Å². The lowest BCUT2D eigenvalue weighted by Crippen LogP contribution is -2.29. The SMILES string of the molecule is CCCCNC(=O)COc1ccc2oc3c(c2c1)CCCC3. The van der Waals surface area contributed by atoms with Crippen LogP contribution in [0.3, 0.4) is 0 Å². The van der Waals surface area contributed by atoms with E-state index in [-0.39, 0.29) is 12.5 Å². The Morgan fingerprint density at radius 1 is 1.32 bits per heavy atom. The fourth-order valence-electron chi connectivity index (χ4n) is 2.94. The average Bonchev–Trinajstić information content (AvgIpc) is 2.91. The molecule has 1 aromatic heterocycles. The number of hydrogen-bond acceptors (Lipinski definition) is 3. The molecule has 0 atom stereocenters. The van der Waals surface area contributed by atoms with E-state index in [9.17, 15) is 4.79 Å². The van der Waals surface area contributed by atoms with Crippen LogP contribution in [-0.2, 0) is 17.6 Å². The van der Waals surface area contributed by atoms with Crippen molar-refractivity contribution in [3.05, 3.63) is 29.5 Å². The smallest absolute Gasteiger partial charge is 0.257 e. The topological polar surface area (TPSA) is 51.5 Å². The number of amides is 1. The van der Waals surface area contributed by atoms with Crippen molar-refractivity contribution in [2.45, 2.75) is 45.4 Å². The largest absolute Gasteiger partial charge is 0.484 e. The van der Waals surface area contributed by atoms with Crippen molar-refractivity contribution in [1.29, 1.82) is 0 Å². The van der Waals surface area contributed by atoms with Crippen molar-refractivity contribution in [2.75, 3.05) is 13.2 Å². The molecule has 1 aliphatic rings. The zero-order chi connectivity index (χ0) is 15.4. The lowest BCUT2D eigenvalue weighted by molar-refractivity contribution is -0.123. The van der Waals surface area contributed by atoms with Crippen LogP contribution in [0.4, 0.5) is 0 Å². The number of nitrogens with one attached hydrogen (secondary N) is 1. The summed E-state index contributed by atoms with van der Waals surface area (Å²) in [6, 6.07) is 5.82. The second-order valence-electron chi connectivity index (χ2n) is 5.86. The van der Waals surface area contributed by atoms with Gasteiger partial charge < -0.3 is 14.5 Å². The first-order chi connectivity index (χ1) is 10.8. The number of carbonyl (C=O) groups excluding carboxylic acids is 1. The highest BCUT2D eigenvalue weighted by Crippen LogP contribution is 2.33. The van der Waals surface area contributed by atoms with Crippen LogP contribution >= 0.6 is 0 Å². The summed E-state index contributed by atoms with van der Waals surface area (Å²) in [5, 5.41) is 3.99. The Morgan fingerprint density at radius 3 is 3.05 bits per heavy atom. The van der Waals surface area contributed by atoms with Crippen molar-refractivity contribution < 1.29 is 13.9 Å².